The van der Waals surface area contributed by atoms with E-state index in [1.54, 1.807) is 29.6 Å². The molecule has 3 aromatic rings. The van der Waals surface area contributed by atoms with Crippen molar-refractivity contribution in [3.8, 4) is 0 Å². The van der Waals surface area contributed by atoms with Crippen molar-refractivity contribution in [2.75, 3.05) is 0 Å². The summed E-state index contributed by atoms with van der Waals surface area (Å²) in [5.74, 6) is -0.333. The number of benzene rings is 1. The summed E-state index contributed by atoms with van der Waals surface area (Å²) in [6, 6.07) is 6.94. The lowest BCUT2D eigenvalue weighted by molar-refractivity contribution is 0.103. The maximum absolute atomic E-state index is 12.8. The third-order valence-corrected chi connectivity index (χ3v) is 5.35. The van der Waals surface area contributed by atoms with Crippen molar-refractivity contribution in [3.63, 3.8) is 0 Å². The first-order valence-corrected chi connectivity index (χ1v) is 10.3. The summed E-state index contributed by atoms with van der Waals surface area (Å²) in [7, 11) is -4.29. The number of carbonyl (C=O) groups excluding carboxylic acids is 1. The van der Waals surface area contributed by atoms with Crippen LogP contribution in [0.25, 0.3) is 10.9 Å². The van der Waals surface area contributed by atoms with Gasteiger partial charge in [-0.3, -0.25) is 9.36 Å². The average Bonchev–Trinajstić information content (AvgIpc) is 3.18. The molecule has 3 rings (SSSR count). The van der Waals surface area contributed by atoms with Crippen molar-refractivity contribution >= 4 is 35.6 Å². The Hall–Kier alpha value is -1.83. The molecule has 0 amide bonds. The van der Waals surface area contributed by atoms with Crippen LogP contribution in [0.2, 0.25) is 0 Å². The van der Waals surface area contributed by atoms with Crippen LogP contribution in [-0.4, -0.2) is 30.2 Å². The molecule has 0 saturated carbocycles. The zero-order valence-electron chi connectivity index (χ0n) is 13.4. The molecule has 2 heterocycles. The maximum Gasteiger partial charge on any atom is 0.345 e. The van der Waals surface area contributed by atoms with Crippen LogP contribution in [0.4, 0.5) is 0 Å². The second-order valence-electron chi connectivity index (χ2n) is 5.67. The molecule has 25 heavy (non-hydrogen) atoms. The number of para-hydroxylation sites is 1. The minimum Gasteiger partial charge on any atom is -0.387 e. The fraction of sp³-hybridized carbons (Fsp3) is 0.250. The number of rotatable bonds is 6. The quantitative estimate of drug-likeness (QED) is 0.448. The van der Waals surface area contributed by atoms with Crippen molar-refractivity contribution in [2.24, 2.45) is 0 Å². The van der Waals surface area contributed by atoms with E-state index in [1.807, 2.05) is 6.92 Å². The van der Waals surface area contributed by atoms with E-state index in [-0.39, 0.29) is 10.8 Å². The highest BCUT2D eigenvalue weighted by Gasteiger charge is 2.23. The Morgan fingerprint density at radius 1 is 1.36 bits per heavy atom. The number of carbonyl (C=O) groups is 1. The lowest BCUT2D eigenvalue weighted by atomic mass is 10.1. The van der Waals surface area contributed by atoms with Gasteiger partial charge in [0, 0.05) is 22.5 Å². The Morgan fingerprint density at radius 3 is 2.76 bits per heavy atom. The smallest absolute Gasteiger partial charge is 0.345 e. The summed E-state index contributed by atoms with van der Waals surface area (Å²) in [4.78, 5) is 35.5. The highest BCUT2D eigenvalue weighted by molar-refractivity contribution is 7.50. The summed E-state index contributed by atoms with van der Waals surface area (Å²) < 4.78 is 12.7. The second kappa shape index (κ2) is 6.82. The predicted octanol–water partition coefficient (Wildman–Crippen LogP) is 2.91. The van der Waals surface area contributed by atoms with Gasteiger partial charge in [0.05, 0.1) is 17.4 Å². The second-order valence-corrected chi connectivity index (χ2v) is 8.14. The van der Waals surface area contributed by atoms with Gasteiger partial charge in [0.1, 0.15) is 6.29 Å². The third kappa shape index (κ3) is 3.73. The van der Waals surface area contributed by atoms with E-state index >= 15 is 0 Å². The fourth-order valence-electron chi connectivity index (χ4n) is 2.61. The number of thiazole rings is 1. The molecule has 1 aromatic carbocycles. The monoisotopic (exact) mass is 380 g/mol. The van der Waals surface area contributed by atoms with Gasteiger partial charge in [-0.25, -0.2) is 4.98 Å². The molecule has 0 fully saturated rings. The number of fused-ring (bicyclic) bond motifs is 1. The van der Waals surface area contributed by atoms with Crippen molar-refractivity contribution < 1.29 is 24.3 Å². The van der Waals surface area contributed by atoms with Gasteiger partial charge >= 0.3 is 7.60 Å². The van der Waals surface area contributed by atoms with Crippen LogP contribution >= 0.6 is 18.9 Å². The van der Waals surface area contributed by atoms with Crippen LogP contribution in [-0.2, 0) is 10.9 Å². The summed E-state index contributed by atoms with van der Waals surface area (Å²) >= 11 is 1.14. The van der Waals surface area contributed by atoms with E-state index in [4.69, 9.17) is 0 Å². The van der Waals surface area contributed by atoms with Crippen molar-refractivity contribution in [1.29, 1.82) is 0 Å². The van der Waals surface area contributed by atoms with Crippen LogP contribution < -0.4 is 0 Å². The minimum atomic E-state index is -4.29. The fourth-order valence-corrected chi connectivity index (χ4v) is 4.06. The first-order chi connectivity index (χ1) is 11.8. The molecular formula is C16H17N2O5PS. The SMILES string of the molecule is CC[C@H](O)c1csc(C(=O)c2cn(CP(=O)(O)O)c3ccccc23)n1. The highest BCUT2D eigenvalue weighted by Crippen LogP contribution is 2.38. The van der Waals surface area contributed by atoms with Crippen LogP contribution in [0.15, 0.2) is 35.8 Å². The lowest BCUT2D eigenvalue weighted by Gasteiger charge is -2.06. The average molecular weight is 380 g/mol. The Bertz CT molecular complexity index is 974. The van der Waals surface area contributed by atoms with Crippen molar-refractivity contribution in [1.82, 2.24) is 9.55 Å². The van der Waals surface area contributed by atoms with E-state index in [2.05, 4.69) is 4.98 Å². The molecule has 7 nitrogen and oxygen atoms in total. The molecule has 0 aliphatic rings. The van der Waals surface area contributed by atoms with E-state index in [9.17, 15) is 24.3 Å². The zero-order chi connectivity index (χ0) is 18.2. The summed E-state index contributed by atoms with van der Waals surface area (Å²) in [5, 5.41) is 12.3. The number of hydrogen-bond donors (Lipinski definition) is 3. The van der Waals surface area contributed by atoms with Gasteiger partial charge in [0.25, 0.3) is 0 Å². The molecule has 0 aliphatic heterocycles. The molecule has 1 atom stereocenters. The Kier molecular flexibility index (Phi) is 4.90. The van der Waals surface area contributed by atoms with Gasteiger partial charge in [-0.2, -0.15) is 0 Å². The van der Waals surface area contributed by atoms with E-state index < -0.39 is 20.0 Å². The zero-order valence-corrected chi connectivity index (χ0v) is 15.1. The first-order valence-electron chi connectivity index (χ1n) is 7.60. The maximum atomic E-state index is 12.8. The van der Waals surface area contributed by atoms with Gasteiger partial charge < -0.3 is 19.5 Å². The Labute approximate surface area is 147 Å². The van der Waals surface area contributed by atoms with Gasteiger partial charge in [0.2, 0.25) is 5.78 Å². The molecule has 3 N–H and O–H groups in total. The van der Waals surface area contributed by atoms with E-state index in [0.717, 1.165) is 11.3 Å². The van der Waals surface area contributed by atoms with E-state index in [0.29, 0.717) is 28.6 Å². The molecule has 0 bridgehead atoms. The van der Waals surface area contributed by atoms with Crippen LogP contribution in [0.1, 0.15) is 40.5 Å². The highest BCUT2D eigenvalue weighted by atomic mass is 32.1. The van der Waals surface area contributed by atoms with Gasteiger partial charge in [-0.15, -0.1) is 11.3 Å². The number of hydrogen-bond acceptors (Lipinski definition) is 5. The van der Waals surface area contributed by atoms with Crippen LogP contribution in [0.5, 0.6) is 0 Å². The van der Waals surface area contributed by atoms with Gasteiger partial charge in [-0.1, -0.05) is 25.1 Å². The molecule has 0 saturated heterocycles. The Balaban J connectivity index is 2.05. The summed E-state index contributed by atoms with van der Waals surface area (Å²) in [5.41, 5.74) is 1.35. The minimum absolute atomic E-state index is 0.238. The van der Waals surface area contributed by atoms with Crippen molar-refractivity contribution in [2.45, 2.75) is 25.7 Å². The largest absolute Gasteiger partial charge is 0.387 e. The summed E-state index contributed by atoms with van der Waals surface area (Å²) in [6.07, 6.45) is 0.731. The number of nitrogens with zero attached hydrogens (tertiary/aromatic N) is 2. The molecular weight excluding hydrogens is 363 g/mol. The molecule has 0 radical (unpaired) electrons. The number of aromatic nitrogens is 2. The number of aliphatic hydroxyl groups excluding tert-OH is 1. The van der Waals surface area contributed by atoms with Gasteiger partial charge in [-0.05, 0) is 12.5 Å². The van der Waals surface area contributed by atoms with Crippen LogP contribution in [0, 0.1) is 0 Å². The van der Waals surface area contributed by atoms with Gasteiger partial charge in [0.15, 0.2) is 5.01 Å². The molecule has 132 valence electrons. The third-order valence-electron chi connectivity index (χ3n) is 3.81. The topological polar surface area (TPSA) is 113 Å². The first kappa shape index (κ1) is 18.0. The molecule has 2 aromatic heterocycles. The molecule has 0 aliphatic carbocycles. The lowest BCUT2D eigenvalue weighted by Crippen LogP contribution is -2.02. The molecule has 0 spiro atoms. The number of aliphatic hydroxyl groups is 1. The normalized spacial score (nSPS) is 13.3. The number of ketones is 1. The Morgan fingerprint density at radius 2 is 2.08 bits per heavy atom. The van der Waals surface area contributed by atoms with E-state index in [1.165, 1.54) is 10.8 Å². The standard InChI is InChI=1S/C16H17N2O5PS/c1-2-14(19)12-8-25-16(17-12)15(20)11-7-18(9-24(21,22)23)13-6-4-3-5-10(11)13/h3-8,14,19H,2,9H2,1H3,(H2,21,22,23)/t14-/m0/s1. The molecule has 9 heteroatoms. The molecule has 0 unspecified atom stereocenters. The van der Waals surface area contributed by atoms with Crippen LogP contribution in [0.3, 0.4) is 0 Å². The predicted molar refractivity (Wildman–Crippen MR) is 94.8 cm³/mol. The summed E-state index contributed by atoms with van der Waals surface area (Å²) in [6.45, 7) is 1.82. The van der Waals surface area contributed by atoms with Crippen molar-refractivity contribution in [3.05, 3.63) is 52.1 Å².